The van der Waals surface area contributed by atoms with Gasteiger partial charge >= 0.3 is 0 Å². The molecule has 0 bridgehead atoms. The van der Waals surface area contributed by atoms with E-state index in [1.165, 1.54) is 11.1 Å². The highest BCUT2D eigenvalue weighted by atomic mass is 19.3. The van der Waals surface area contributed by atoms with Gasteiger partial charge in [0.05, 0.1) is 23.1 Å². The number of amides is 2. The summed E-state index contributed by atoms with van der Waals surface area (Å²) in [5.74, 6) is -2.53. The lowest BCUT2D eigenvalue weighted by molar-refractivity contribution is -0.159. The molecule has 1 aliphatic carbocycles. The average molecular weight is 602 g/mol. The maximum absolute atomic E-state index is 13.7. The van der Waals surface area contributed by atoms with Crippen LogP contribution in [0.2, 0.25) is 0 Å². The zero-order chi connectivity index (χ0) is 30.6. The van der Waals surface area contributed by atoms with Gasteiger partial charge in [0, 0.05) is 88.0 Å². The SMILES string of the molecule is Cc1nn(-c2cnccn2)c(C)c1C(=O)N1CC2=CN(CCC3(c4ccccc4)CCN(C(=O)C4CC(F)(F)C4)C3)CC2C1. The first-order valence-corrected chi connectivity index (χ1v) is 15.4. The maximum atomic E-state index is 13.7. The number of alkyl halides is 2. The van der Waals surface area contributed by atoms with Gasteiger partial charge in [0.15, 0.2) is 5.82 Å². The molecule has 4 aliphatic rings. The van der Waals surface area contributed by atoms with E-state index in [0.29, 0.717) is 43.3 Å². The number of hydrogen-bond acceptors (Lipinski definition) is 6. The fourth-order valence-corrected chi connectivity index (χ4v) is 7.62. The standard InChI is InChI=1S/C33H37F2N7O2/c1-22-29(23(2)42(38-22)28-16-36-10-11-37-28)31(44)41-19-25-17-39(18-26(25)20-41)12-8-32(27-6-4-3-5-7-27)9-13-40(21-32)30(43)24-14-33(34,35)15-24/h3-7,10-11,16-17,24,26H,8-9,12-15,18-21H2,1-2H3. The second-order valence-electron chi connectivity index (χ2n) is 13.0. The number of aryl methyl sites for hydroxylation is 1. The van der Waals surface area contributed by atoms with Crippen molar-refractivity contribution < 1.29 is 18.4 Å². The third kappa shape index (κ3) is 5.05. The molecule has 230 valence electrons. The Balaban J connectivity index is 1.01. The summed E-state index contributed by atoms with van der Waals surface area (Å²) in [6.07, 6.45) is 8.09. The van der Waals surface area contributed by atoms with Gasteiger partial charge in [0.1, 0.15) is 0 Å². The van der Waals surface area contributed by atoms with Gasteiger partial charge in [-0.25, -0.2) is 18.4 Å². The largest absolute Gasteiger partial charge is 0.377 e. The Kier molecular flexibility index (Phi) is 7.01. The first-order chi connectivity index (χ1) is 21.1. The number of halogens is 2. The fourth-order valence-electron chi connectivity index (χ4n) is 7.62. The molecule has 2 amide bonds. The number of benzene rings is 1. The van der Waals surface area contributed by atoms with Crippen molar-refractivity contribution in [3.8, 4) is 5.82 Å². The number of rotatable bonds is 7. The molecule has 2 unspecified atom stereocenters. The van der Waals surface area contributed by atoms with Crippen LogP contribution >= 0.6 is 0 Å². The normalized spacial score (nSPS) is 24.4. The molecule has 2 atom stereocenters. The number of hydrogen-bond donors (Lipinski definition) is 0. The number of fused-ring (bicyclic) bond motifs is 1. The van der Waals surface area contributed by atoms with E-state index in [0.717, 1.165) is 31.6 Å². The van der Waals surface area contributed by atoms with Crippen molar-refractivity contribution in [2.45, 2.75) is 50.9 Å². The number of carbonyl (C=O) groups excluding carboxylic acids is 2. The second-order valence-corrected chi connectivity index (χ2v) is 13.0. The summed E-state index contributed by atoms with van der Waals surface area (Å²) < 4.78 is 28.6. The van der Waals surface area contributed by atoms with Crippen molar-refractivity contribution in [3.05, 3.63) is 83.2 Å². The van der Waals surface area contributed by atoms with E-state index in [1.54, 1.807) is 23.3 Å². The third-order valence-electron chi connectivity index (χ3n) is 10.1. The molecule has 0 spiro atoms. The molecular weight excluding hydrogens is 564 g/mol. The zero-order valence-electron chi connectivity index (χ0n) is 25.1. The van der Waals surface area contributed by atoms with Crippen molar-refractivity contribution in [2.24, 2.45) is 11.8 Å². The number of likely N-dealkylation sites (tertiary alicyclic amines) is 2. The Bertz CT molecular complexity index is 1600. The predicted molar refractivity (Wildman–Crippen MR) is 159 cm³/mol. The van der Waals surface area contributed by atoms with Crippen LogP contribution in [-0.2, 0) is 10.2 Å². The smallest absolute Gasteiger partial charge is 0.257 e. The molecule has 3 aliphatic heterocycles. The Labute approximate surface area is 255 Å². The molecule has 3 aromatic rings. The minimum Gasteiger partial charge on any atom is -0.377 e. The highest BCUT2D eigenvalue weighted by Crippen LogP contribution is 2.45. The van der Waals surface area contributed by atoms with Crippen molar-refractivity contribution in [1.29, 1.82) is 0 Å². The molecule has 11 heteroatoms. The summed E-state index contributed by atoms with van der Waals surface area (Å²) in [6, 6.07) is 10.3. The van der Waals surface area contributed by atoms with E-state index in [9.17, 15) is 18.4 Å². The lowest BCUT2D eigenvalue weighted by atomic mass is 9.76. The molecule has 0 N–H and O–H groups in total. The van der Waals surface area contributed by atoms with E-state index in [4.69, 9.17) is 0 Å². The Morgan fingerprint density at radius 1 is 1.05 bits per heavy atom. The molecule has 2 aromatic heterocycles. The monoisotopic (exact) mass is 601 g/mol. The Morgan fingerprint density at radius 2 is 1.84 bits per heavy atom. The minimum atomic E-state index is -2.70. The van der Waals surface area contributed by atoms with E-state index in [1.807, 2.05) is 41.8 Å². The van der Waals surface area contributed by atoms with E-state index in [-0.39, 0.29) is 36.0 Å². The van der Waals surface area contributed by atoms with Crippen molar-refractivity contribution in [1.82, 2.24) is 34.4 Å². The van der Waals surface area contributed by atoms with Crippen LogP contribution in [0.5, 0.6) is 0 Å². The molecule has 2 saturated heterocycles. The number of aromatic nitrogens is 4. The molecular formula is C33H37F2N7O2. The summed E-state index contributed by atoms with van der Waals surface area (Å²) >= 11 is 0. The van der Waals surface area contributed by atoms with Gasteiger partial charge in [0.2, 0.25) is 11.8 Å². The van der Waals surface area contributed by atoms with Crippen LogP contribution in [0.1, 0.15) is 53.0 Å². The summed E-state index contributed by atoms with van der Waals surface area (Å²) in [4.78, 5) is 41.3. The molecule has 7 rings (SSSR count). The quantitative estimate of drug-likeness (QED) is 0.405. The highest BCUT2D eigenvalue weighted by Gasteiger charge is 2.52. The molecule has 5 heterocycles. The van der Waals surface area contributed by atoms with Gasteiger partial charge < -0.3 is 14.7 Å². The topological polar surface area (TPSA) is 87.5 Å². The van der Waals surface area contributed by atoms with Crippen LogP contribution in [0, 0.1) is 25.7 Å². The second kappa shape index (κ2) is 10.8. The van der Waals surface area contributed by atoms with Gasteiger partial charge in [-0.05, 0) is 37.8 Å². The molecule has 1 aromatic carbocycles. The lowest BCUT2D eigenvalue weighted by Gasteiger charge is -2.37. The fraction of sp³-hybridized carbons (Fsp3) is 0.485. The van der Waals surface area contributed by atoms with Crippen molar-refractivity contribution in [2.75, 3.05) is 39.3 Å². The average Bonchev–Trinajstić information content (AvgIpc) is 3.77. The van der Waals surface area contributed by atoms with Gasteiger partial charge in [0.25, 0.3) is 5.91 Å². The lowest BCUT2D eigenvalue weighted by Crippen LogP contribution is -2.47. The van der Waals surface area contributed by atoms with Gasteiger partial charge in [-0.15, -0.1) is 0 Å². The molecule has 0 radical (unpaired) electrons. The molecule has 1 saturated carbocycles. The zero-order valence-corrected chi connectivity index (χ0v) is 25.1. The summed E-state index contributed by atoms with van der Waals surface area (Å²) in [7, 11) is 0. The maximum Gasteiger partial charge on any atom is 0.257 e. The van der Waals surface area contributed by atoms with Crippen molar-refractivity contribution >= 4 is 11.8 Å². The van der Waals surface area contributed by atoms with Crippen LogP contribution in [0.15, 0.2) is 60.7 Å². The summed E-state index contributed by atoms with van der Waals surface area (Å²) in [6.45, 7) is 7.84. The molecule has 3 fully saturated rings. The van der Waals surface area contributed by atoms with Crippen LogP contribution in [-0.4, -0.2) is 91.5 Å². The minimum absolute atomic E-state index is 0.0139. The van der Waals surface area contributed by atoms with Crippen LogP contribution in [0.3, 0.4) is 0 Å². The summed E-state index contributed by atoms with van der Waals surface area (Å²) in [5.41, 5.74) is 4.29. The number of nitrogens with zero attached hydrogens (tertiary/aromatic N) is 7. The van der Waals surface area contributed by atoms with Crippen molar-refractivity contribution in [3.63, 3.8) is 0 Å². The van der Waals surface area contributed by atoms with E-state index in [2.05, 4.69) is 38.3 Å². The Hall–Kier alpha value is -4.15. The summed E-state index contributed by atoms with van der Waals surface area (Å²) in [5, 5.41) is 4.58. The molecule has 44 heavy (non-hydrogen) atoms. The number of carbonyl (C=O) groups is 2. The highest BCUT2D eigenvalue weighted by molar-refractivity contribution is 5.97. The first-order valence-electron chi connectivity index (χ1n) is 15.4. The van der Waals surface area contributed by atoms with Crippen LogP contribution < -0.4 is 0 Å². The van der Waals surface area contributed by atoms with E-state index < -0.39 is 11.8 Å². The predicted octanol–water partition coefficient (Wildman–Crippen LogP) is 4.16. The van der Waals surface area contributed by atoms with E-state index >= 15 is 0 Å². The van der Waals surface area contributed by atoms with Gasteiger partial charge in [-0.2, -0.15) is 5.10 Å². The molecule has 9 nitrogen and oxygen atoms in total. The van der Waals surface area contributed by atoms with Crippen LogP contribution in [0.25, 0.3) is 5.82 Å². The third-order valence-corrected chi connectivity index (χ3v) is 10.1. The van der Waals surface area contributed by atoms with Gasteiger partial charge in [-0.1, -0.05) is 30.3 Å². The van der Waals surface area contributed by atoms with Crippen LogP contribution in [0.4, 0.5) is 8.78 Å². The Morgan fingerprint density at radius 3 is 2.55 bits per heavy atom. The van der Waals surface area contributed by atoms with Gasteiger partial charge in [-0.3, -0.25) is 14.6 Å². The first kappa shape index (κ1) is 28.6.